The molecule has 1 heterocycles. The number of thiophene rings is 1. The summed E-state index contributed by atoms with van der Waals surface area (Å²) in [4.78, 5) is 0. The van der Waals surface area contributed by atoms with E-state index in [1.807, 2.05) is 19.9 Å². The zero-order chi connectivity index (χ0) is 11.1. The summed E-state index contributed by atoms with van der Waals surface area (Å²) < 4.78 is 1.23. The average Bonchev–Trinajstić information content (AvgIpc) is 2.49. The number of hydrogen-bond donors (Lipinski definition) is 1. The summed E-state index contributed by atoms with van der Waals surface area (Å²) in [5.74, 6) is 0. The van der Waals surface area contributed by atoms with Crippen LogP contribution in [-0.4, -0.2) is 5.54 Å². The summed E-state index contributed by atoms with van der Waals surface area (Å²) in [5.41, 5.74) is 6.92. The molecule has 1 aromatic heterocycles. The molecular weight excluding hydrogens is 226 g/mol. The van der Waals surface area contributed by atoms with Crippen molar-refractivity contribution in [1.82, 2.24) is 0 Å². The summed E-state index contributed by atoms with van der Waals surface area (Å²) in [5, 5.41) is 4.16. The van der Waals surface area contributed by atoms with Crippen molar-refractivity contribution >= 4 is 33.0 Å². The van der Waals surface area contributed by atoms with Crippen molar-refractivity contribution in [1.29, 1.82) is 0 Å². The van der Waals surface area contributed by atoms with Gasteiger partial charge < -0.3 is 5.73 Å². The molecule has 0 radical (unpaired) electrons. The van der Waals surface area contributed by atoms with Crippen molar-refractivity contribution in [3.05, 3.63) is 34.2 Å². The summed E-state index contributed by atoms with van der Waals surface area (Å²) in [7, 11) is 0. The largest absolute Gasteiger partial charge is 0.325 e. The van der Waals surface area contributed by atoms with Gasteiger partial charge in [-0.05, 0) is 54.8 Å². The van der Waals surface area contributed by atoms with Crippen LogP contribution in [0.2, 0.25) is 5.02 Å². The lowest BCUT2D eigenvalue weighted by molar-refractivity contribution is 0.517. The molecular formula is C12H14ClNS. The van der Waals surface area contributed by atoms with Gasteiger partial charge in [-0.3, -0.25) is 0 Å². The molecule has 0 saturated carbocycles. The van der Waals surface area contributed by atoms with E-state index in [0.717, 1.165) is 17.0 Å². The minimum atomic E-state index is -0.215. The minimum absolute atomic E-state index is 0.215. The number of fused-ring (bicyclic) bond motifs is 1. The molecule has 0 unspecified atom stereocenters. The zero-order valence-electron chi connectivity index (χ0n) is 8.88. The average molecular weight is 240 g/mol. The first kappa shape index (κ1) is 10.9. The molecule has 0 aliphatic heterocycles. The lowest BCUT2D eigenvalue weighted by atomic mass is 9.95. The maximum absolute atomic E-state index is 6.22. The van der Waals surface area contributed by atoms with E-state index in [9.17, 15) is 0 Å². The van der Waals surface area contributed by atoms with E-state index in [4.69, 9.17) is 17.3 Å². The van der Waals surface area contributed by atoms with Gasteiger partial charge in [-0.25, -0.2) is 0 Å². The Morgan fingerprint density at radius 1 is 1.40 bits per heavy atom. The number of benzene rings is 1. The van der Waals surface area contributed by atoms with E-state index in [-0.39, 0.29) is 5.54 Å². The van der Waals surface area contributed by atoms with Crippen molar-refractivity contribution in [3.63, 3.8) is 0 Å². The SMILES string of the molecule is CC(C)(N)Cc1cc2ccsc2cc1Cl. The van der Waals surface area contributed by atoms with Crippen molar-refractivity contribution in [2.75, 3.05) is 0 Å². The van der Waals surface area contributed by atoms with Gasteiger partial charge in [0.2, 0.25) is 0 Å². The Balaban J connectivity index is 2.46. The fourth-order valence-corrected chi connectivity index (χ4v) is 2.76. The highest BCUT2D eigenvalue weighted by atomic mass is 35.5. The van der Waals surface area contributed by atoms with Gasteiger partial charge in [0, 0.05) is 15.3 Å². The van der Waals surface area contributed by atoms with E-state index in [1.54, 1.807) is 11.3 Å². The zero-order valence-corrected chi connectivity index (χ0v) is 10.5. The predicted molar refractivity (Wildman–Crippen MR) is 68.8 cm³/mol. The Hall–Kier alpha value is -0.570. The standard InChI is InChI=1S/C12H14ClNS/c1-12(2,14)7-9-5-8-3-4-15-11(8)6-10(9)13/h3-6H,7,14H2,1-2H3. The van der Waals surface area contributed by atoms with Gasteiger partial charge in [-0.1, -0.05) is 11.6 Å². The highest BCUT2D eigenvalue weighted by Gasteiger charge is 2.14. The molecule has 0 aliphatic carbocycles. The van der Waals surface area contributed by atoms with Crippen LogP contribution in [0.4, 0.5) is 0 Å². The molecule has 0 fully saturated rings. The lowest BCUT2D eigenvalue weighted by Crippen LogP contribution is -2.34. The second-order valence-electron chi connectivity index (χ2n) is 4.57. The fraction of sp³-hybridized carbons (Fsp3) is 0.333. The van der Waals surface area contributed by atoms with Gasteiger partial charge in [0.1, 0.15) is 0 Å². The van der Waals surface area contributed by atoms with Gasteiger partial charge in [-0.15, -0.1) is 11.3 Å². The molecule has 1 aromatic carbocycles. The van der Waals surface area contributed by atoms with Crippen LogP contribution in [0.15, 0.2) is 23.6 Å². The van der Waals surface area contributed by atoms with Crippen LogP contribution in [0, 0.1) is 0 Å². The van der Waals surface area contributed by atoms with Crippen molar-refractivity contribution in [3.8, 4) is 0 Å². The van der Waals surface area contributed by atoms with Crippen molar-refractivity contribution < 1.29 is 0 Å². The molecule has 2 rings (SSSR count). The molecule has 0 bridgehead atoms. The first-order valence-corrected chi connectivity index (χ1v) is 6.16. The second kappa shape index (κ2) is 3.78. The molecule has 80 valence electrons. The molecule has 0 saturated heterocycles. The van der Waals surface area contributed by atoms with Gasteiger partial charge in [0.15, 0.2) is 0 Å². The number of hydrogen-bond acceptors (Lipinski definition) is 2. The molecule has 15 heavy (non-hydrogen) atoms. The molecule has 3 heteroatoms. The van der Waals surface area contributed by atoms with Crippen molar-refractivity contribution in [2.24, 2.45) is 5.73 Å². The van der Waals surface area contributed by atoms with Crippen LogP contribution < -0.4 is 5.73 Å². The smallest absolute Gasteiger partial charge is 0.0453 e. The summed E-state index contributed by atoms with van der Waals surface area (Å²) >= 11 is 7.93. The molecule has 0 atom stereocenters. The first-order valence-electron chi connectivity index (χ1n) is 4.90. The van der Waals surface area contributed by atoms with Crippen LogP contribution in [0.5, 0.6) is 0 Å². The normalized spacial score (nSPS) is 12.3. The predicted octanol–water partition coefficient (Wildman–Crippen LogP) is 3.83. The minimum Gasteiger partial charge on any atom is -0.325 e. The Kier molecular flexibility index (Phi) is 2.75. The molecule has 1 nitrogen and oxygen atoms in total. The highest BCUT2D eigenvalue weighted by molar-refractivity contribution is 7.17. The number of halogens is 1. The molecule has 2 N–H and O–H groups in total. The Morgan fingerprint density at radius 3 is 2.80 bits per heavy atom. The Morgan fingerprint density at radius 2 is 2.13 bits per heavy atom. The third-order valence-electron chi connectivity index (χ3n) is 2.27. The molecule has 0 amide bonds. The van der Waals surface area contributed by atoms with Crippen molar-refractivity contribution in [2.45, 2.75) is 25.8 Å². The maximum atomic E-state index is 6.22. The van der Waals surface area contributed by atoms with Crippen LogP contribution in [0.3, 0.4) is 0 Å². The first-order chi connectivity index (χ1) is 6.96. The Labute approximate surface area is 98.9 Å². The summed E-state index contributed by atoms with van der Waals surface area (Å²) in [6.45, 7) is 4.03. The van der Waals surface area contributed by atoms with Crippen LogP contribution in [-0.2, 0) is 6.42 Å². The van der Waals surface area contributed by atoms with Crippen LogP contribution in [0.25, 0.3) is 10.1 Å². The van der Waals surface area contributed by atoms with E-state index in [2.05, 4.69) is 17.5 Å². The van der Waals surface area contributed by atoms with Gasteiger partial charge in [-0.2, -0.15) is 0 Å². The van der Waals surface area contributed by atoms with E-state index in [0.29, 0.717) is 0 Å². The van der Waals surface area contributed by atoms with Gasteiger partial charge in [0.05, 0.1) is 0 Å². The third kappa shape index (κ3) is 2.51. The van der Waals surface area contributed by atoms with E-state index in [1.165, 1.54) is 10.1 Å². The van der Waals surface area contributed by atoms with Crippen LogP contribution in [0.1, 0.15) is 19.4 Å². The number of rotatable bonds is 2. The third-order valence-corrected chi connectivity index (χ3v) is 3.50. The van der Waals surface area contributed by atoms with E-state index < -0.39 is 0 Å². The van der Waals surface area contributed by atoms with Gasteiger partial charge >= 0.3 is 0 Å². The Bertz CT molecular complexity index is 482. The lowest BCUT2D eigenvalue weighted by Gasteiger charge is -2.19. The monoisotopic (exact) mass is 239 g/mol. The summed E-state index contributed by atoms with van der Waals surface area (Å²) in [6.07, 6.45) is 0.803. The topological polar surface area (TPSA) is 26.0 Å². The van der Waals surface area contributed by atoms with E-state index >= 15 is 0 Å². The molecule has 0 aliphatic rings. The number of nitrogens with two attached hydrogens (primary N) is 1. The fourth-order valence-electron chi connectivity index (χ4n) is 1.66. The summed E-state index contributed by atoms with van der Waals surface area (Å²) in [6, 6.07) is 6.29. The second-order valence-corrected chi connectivity index (χ2v) is 5.92. The quantitative estimate of drug-likeness (QED) is 0.847. The van der Waals surface area contributed by atoms with Crippen LogP contribution >= 0.6 is 22.9 Å². The van der Waals surface area contributed by atoms with Gasteiger partial charge in [0.25, 0.3) is 0 Å². The molecule has 0 spiro atoms. The highest BCUT2D eigenvalue weighted by Crippen LogP contribution is 2.29. The molecule has 2 aromatic rings. The maximum Gasteiger partial charge on any atom is 0.0453 e.